The van der Waals surface area contributed by atoms with Crippen LogP contribution in [-0.2, 0) is 0 Å². The van der Waals surface area contributed by atoms with Gasteiger partial charge in [-0.3, -0.25) is 0 Å². The van der Waals surface area contributed by atoms with Crippen molar-refractivity contribution in [3.63, 3.8) is 0 Å². The lowest BCUT2D eigenvalue weighted by molar-refractivity contribution is 0.734. The molecule has 1 unspecified atom stereocenters. The van der Waals surface area contributed by atoms with Crippen LogP contribution in [-0.4, -0.2) is 7.28 Å². The second-order valence-electron chi connectivity index (χ2n) is 2.16. The SMILES string of the molecule is [B]1C=CC2C=C1C2. The van der Waals surface area contributed by atoms with E-state index >= 15 is 0 Å². The fourth-order valence-corrected chi connectivity index (χ4v) is 1.08. The first-order valence-corrected chi connectivity index (χ1v) is 2.67. The Hall–Kier alpha value is -0.455. The van der Waals surface area contributed by atoms with Gasteiger partial charge < -0.3 is 0 Å². The van der Waals surface area contributed by atoms with Crippen LogP contribution in [0.25, 0.3) is 0 Å². The van der Waals surface area contributed by atoms with Crippen LogP contribution in [0.15, 0.2) is 23.6 Å². The summed E-state index contributed by atoms with van der Waals surface area (Å²) in [5, 5.41) is 0. The Kier molecular flexibility index (Phi) is 0.520. The summed E-state index contributed by atoms with van der Waals surface area (Å²) in [5.41, 5.74) is 1.52. The van der Waals surface area contributed by atoms with Crippen LogP contribution >= 0.6 is 0 Å². The van der Waals surface area contributed by atoms with E-state index < -0.39 is 0 Å². The highest BCUT2D eigenvalue weighted by molar-refractivity contribution is 6.52. The van der Waals surface area contributed by atoms with Crippen LogP contribution < -0.4 is 0 Å². The van der Waals surface area contributed by atoms with E-state index in [1.807, 2.05) is 0 Å². The van der Waals surface area contributed by atoms with Gasteiger partial charge in [-0.05, 0) is 12.3 Å². The molecule has 1 radical (unpaired) electrons. The predicted molar refractivity (Wildman–Crippen MR) is 31.1 cm³/mol. The average molecular weight is 88.9 g/mol. The molecular weight excluding hydrogens is 82.9 g/mol. The molecule has 33 valence electrons. The van der Waals surface area contributed by atoms with Gasteiger partial charge in [-0.1, -0.05) is 12.2 Å². The maximum atomic E-state index is 2.31. The number of hydrogen-bond acceptors (Lipinski definition) is 0. The molecule has 0 amide bonds. The fraction of sp³-hybridized carbons (Fsp3) is 0.333. The summed E-state index contributed by atoms with van der Waals surface area (Å²) in [7, 11) is 2.18. The van der Waals surface area contributed by atoms with Crippen molar-refractivity contribution in [1.82, 2.24) is 0 Å². The maximum absolute atomic E-state index is 2.31. The highest BCUT2D eigenvalue weighted by Crippen LogP contribution is 2.29. The Labute approximate surface area is 44.2 Å². The topological polar surface area (TPSA) is 0 Å². The highest BCUT2D eigenvalue weighted by Gasteiger charge is 2.18. The molecule has 0 saturated carbocycles. The lowest BCUT2D eigenvalue weighted by atomic mass is 9.56. The molecule has 2 bridgehead atoms. The van der Waals surface area contributed by atoms with Gasteiger partial charge >= 0.3 is 0 Å². The van der Waals surface area contributed by atoms with E-state index in [-0.39, 0.29) is 0 Å². The summed E-state index contributed by atoms with van der Waals surface area (Å²) in [4.78, 5) is 0. The molecule has 0 nitrogen and oxygen atoms in total. The van der Waals surface area contributed by atoms with Gasteiger partial charge in [0.25, 0.3) is 0 Å². The molecule has 0 aromatic carbocycles. The van der Waals surface area contributed by atoms with Crippen molar-refractivity contribution >= 4 is 7.28 Å². The third kappa shape index (κ3) is 0.380. The Morgan fingerprint density at radius 3 is 2.71 bits per heavy atom. The van der Waals surface area contributed by atoms with Crippen LogP contribution in [0.3, 0.4) is 0 Å². The fourth-order valence-electron chi connectivity index (χ4n) is 1.08. The maximum Gasteiger partial charge on any atom is 0.174 e. The van der Waals surface area contributed by atoms with Gasteiger partial charge in [0.1, 0.15) is 0 Å². The molecule has 7 heavy (non-hydrogen) atoms. The van der Waals surface area contributed by atoms with Gasteiger partial charge in [0.15, 0.2) is 7.28 Å². The van der Waals surface area contributed by atoms with E-state index in [2.05, 4.69) is 25.4 Å². The van der Waals surface area contributed by atoms with Crippen molar-refractivity contribution in [2.45, 2.75) is 6.42 Å². The first-order chi connectivity index (χ1) is 3.45. The zero-order valence-corrected chi connectivity index (χ0v) is 4.09. The van der Waals surface area contributed by atoms with Crippen molar-refractivity contribution in [3.05, 3.63) is 23.6 Å². The van der Waals surface area contributed by atoms with Crippen molar-refractivity contribution in [1.29, 1.82) is 0 Å². The molecule has 1 heteroatoms. The lowest BCUT2D eigenvalue weighted by Gasteiger charge is -2.25. The van der Waals surface area contributed by atoms with Crippen molar-refractivity contribution in [2.24, 2.45) is 5.92 Å². The Balaban J connectivity index is 2.33. The molecule has 1 atom stereocenters. The van der Waals surface area contributed by atoms with Crippen LogP contribution in [0.5, 0.6) is 0 Å². The molecule has 2 heterocycles. The lowest BCUT2D eigenvalue weighted by Crippen LogP contribution is -2.16. The summed E-state index contributed by atoms with van der Waals surface area (Å²) < 4.78 is 0. The molecular formula is C6H6B. The summed E-state index contributed by atoms with van der Waals surface area (Å²) in [6.07, 6.45) is 5.85. The van der Waals surface area contributed by atoms with Gasteiger partial charge in [-0.2, -0.15) is 0 Å². The molecule has 0 fully saturated rings. The summed E-state index contributed by atoms with van der Waals surface area (Å²) in [6.45, 7) is 0. The first-order valence-electron chi connectivity index (χ1n) is 2.67. The minimum atomic E-state index is 0.806. The molecule has 0 aromatic heterocycles. The van der Waals surface area contributed by atoms with Gasteiger partial charge in [0.2, 0.25) is 0 Å². The number of rotatable bonds is 0. The molecule has 0 spiro atoms. The smallest absolute Gasteiger partial charge is 0.120 e. The van der Waals surface area contributed by atoms with E-state index in [0.717, 1.165) is 5.92 Å². The van der Waals surface area contributed by atoms with Crippen molar-refractivity contribution in [2.75, 3.05) is 0 Å². The Morgan fingerprint density at radius 1 is 1.71 bits per heavy atom. The predicted octanol–water partition coefficient (Wildman–Crippen LogP) is 1.12. The largest absolute Gasteiger partial charge is 0.174 e. The highest BCUT2D eigenvalue weighted by atomic mass is 14.2. The summed E-state index contributed by atoms with van der Waals surface area (Å²) in [6, 6.07) is 0. The normalized spacial score (nSPS) is 33.1. The molecule has 0 saturated heterocycles. The van der Waals surface area contributed by atoms with Crippen LogP contribution in [0.4, 0.5) is 0 Å². The van der Waals surface area contributed by atoms with E-state index in [1.165, 1.54) is 11.9 Å². The third-order valence-corrected chi connectivity index (χ3v) is 1.57. The minimum Gasteiger partial charge on any atom is -0.120 e. The van der Waals surface area contributed by atoms with E-state index in [1.54, 1.807) is 0 Å². The van der Waals surface area contributed by atoms with Crippen LogP contribution in [0, 0.1) is 5.92 Å². The van der Waals surface area contributed by atoms with Crippen LogP contribution in [0.2, 0.25) is 0 Å². The zero-order valence-electron chi connectivity index (χ0n) is 4.09. The van der Waals surface area contributed by atoms with E-state index in [0.29, 0.717) is 0 Å². The minimum absolute atomic E-state index is 0.806. The van der Waals surface area contributed by atoms with E-state index in [9.17, 15) is 0 Å². The zero-order chi connectivity index (χ0) is 4.69. The number of fused-ring (bicyclic) bond motifs is 1. The second-order valence-corrected chi connectivity index (χ2v) is 2.16. The first kappa shape index (κ1) is 3.53. The van der Waals surface area contributed by atoms with Gasteiger partial charge in [0.05, 0.1) is 0 Å². The molecule has 3 aliphatic rings. The molecule has 0 aromatic rings. The average Bonchev–Trinajstić information content (AvgIpc) is 1.67. The third-order valence-electron chi connectivity index (χ3n) is 1.57. The molecule has 1 aliphatic carbocycles. The van der Waals surface area contributed by atoms with Gasteiger partial charge in [0, 0.05) is 0 Å². The monoisotopic (exact) mass is 89.1 g/mol. The Bertz CT molecular complexity index is 144. The summed E-state index contributed by atoms with van der Waals surface area (Å²) >= 11 is 0. The molecule has 0 N–H and O–H groups in total. The van der Waals surface area contributed by atoms with Gasteiger partial charge in [-0.25, -0.2) is 0 Å². The molecule has 3 rings (SSSR count). The second kappa shape index (κ2) is 1.03. The van der Waals surface area contributed by atoms with Crippen molar-refractivity contribution < 1.29 is 0 Å². The van der Waals surface area contributed by atoms with Gasteiger partial charge in [-0.15, -0.1) is 11.4 Å². The van der Waals surface area contributed by atoms with Crippen molar-refractivity contribution in [3.8, 4) is 0 Å². The van der Waals surface area contributed by atoms with Crippen LogP contribution in [0.1, 0.15) is 6.42 Å². The Morgan fingerprint density at radius 2 is 2.57 bits per heavy atom. The van der Waals surface area contributed by atoms with E-state index in [4.69, 9.17) is 0 Å². The summed E-state index contributed by atoms with van der Waals surface area (Å²) in [5.74, 6) is 2.95. The molecule has 2 aliphatic heterocycles. The standard InChI is InChI=1S/C6H6B/c1-2-7-6-3-5(1)4-6/h1-3,5H,4H2. The number of hydrogen-bond donors (Lipinski definition) is 0. The number of allylic oxidation sites excluding steroid dienone is 3. The quantitative estimate of drug-likeness (QED) is 0.390.